The van der Waals surface area contributed by atoms with E-state index in [0.717, 1.165) is 46.7 Å². The summed E-state index contributed by atoms with van der Waals surface area (Å²) in [4.78, 5) is 30.3. The molecule has 1 atom stereocenters. The predicted molar refractivity (Wildman–Crippen MR) is 185 cm³/mol. The summed E-state index contributed by atoms with van der Waals surface area (Å²) >= 11 is 6.46. The molecule has 47 heavy (non-hydrogen) atoms. The van der Waals surface area contributed by atoms with Gasteiger partial charge in [-0.2, -0.15) is 0 Å². The van der Waals surface area contributed by atoms with Gasteiger partial charge in [0.1, 0.15) is 18.3 Å². The fraction of sp³-hybridized carbons (Fsp3) is 0.297. The van der Waals surface area contributed by atoms with Crippen molar-refractivity contribution in [3.05, 3.63) is 125 Å². The van der Waals surface area contributed by atoms with E-state index >= 15 is 0 Å². The van der Waals surface area contributed by atoms with Gasteiger partial charge in [0.2, 0.25) is 11.8 Å². The maximum atomic E-state index is 14.7. The highest BCUT2D eigenvalue weighted by Crippen LogP contribution is 2.32. The zero-order valence-corrected chi connectivity index (χ0v) is 28.2. The van der Waals surface area contributed by atoms with Crippen molar-refractivity contribution in [2.45, 2.75) is 62.6 Å². The van der Waals surface area contributed by atoms with Crippen molar-refractivity contribution in [1.82, 2.24) is 10.2 Å². The summed E-state index contributed by atoms with van der Waals surface area (Å²) in [5.74, 6) is -0.418. The average molecular weight is 674 g/mol. The van der Waals surface area contributed by atoms with Gasteiger partial charge < -0.3 is 15.0 Å². The number of methoxy groups -OCH3 is 1. The number of hydrogen-bond acceptors (Lipinski definition) is 5. The minimum Gasteiger partial charge on any atom is -0.495 e. The molecule has 1 aliphatic rings. The molecule has 4 aromatic carbocycles. The Morgan fingerprint density at radius 1 is 0.894 bits per heavy atom. The summed E-state index contributed by atoms with van der Waals surface area (Å²) in [7, 11) is -2.77. The minimum absolute atomic E-state index is 0.0183. The zero-order chi connectivity index (χ0) is 33.4. The predicted octanol–water partition coefficient (Wildman–Crippen LogP) is 6.55. The van der Waals surface area contributed by atoms with Gasteiger partial charge in [0.25, 0.3) is 10.0 Å². The summed E-state index contributed by atoms with van der Waals surface area (Å²) in [6.45, 7) is 1.51. The molecule has 10 heteroatoms. The van der Waals surface area contributed by atoms with E-state index in [0.29, 0.717) is 5.75 Å². The number of nitrogens with zero attached hydrogens (tertiary/aromatic N) is 2. The number of nitrogens with one attached hydrogen (secondary N) is 1. The van der Waals surface area contributed by atoms with Gasteiger partial charge in [0.05, 0.1) is 22.7 Å². The lowest BCUT2D eigenvalue weighted by molar-refractivity contribution is -0.140. The van der Waals surface area contributed by atoms with Gasteiger partial charge in [-0.05, 0) is 61.2 Å². The van der Waals surface area contributed by atoms with E-state index in [9.17, 15) is 18.0 Å². The summed E-state index contributed by atoms with van der Waals surface area (Å²) < 4.78 is 34.7. The van der Waals surface area contributed by atoms with Gasteiger partial charge in [-0.25, -0.2) is 8.42 Å². The van der Waals surface area contributed by atoms with E-state index in [2.05, 4.69) is 5.32 Å². The molecule has 5 rings (SSSR count). The molecule has 1 fully saturated rings. The Balaban J connectivity index is 1.58. The second-order valence-electron chi connectivity index (χ2n) is 11.8. The summed E-state index contributed by atoms with van der Waals surface area (Å²) in [6, 6.07) is 29.0. The number of benzene rings is 4. The van der Waals surface area contributed by atoms with E-state index in [1.165, 1.54) is 30.2 Å². The van der Waals surface area contributed by atoms with Crippen LogP contribution < -0.4 is 14.4 Å². The smallest absolute Gasteiger partial charge is 0.264 e. The zero-order valence-electron chi connectivity index (χ0n) is 26.6. The fourth-order valence-corrected chi connectivity index (χ4v) is 7.67. The van der Waals surface area contributed by atoms with Gasteiger partial charge in [0.15, 0.2) is 0 Å². The van der Waals surface area contributed by atoms with Crippen LogP contribution in [0.1, 0.15) is 42.4 Å². The number of amides is 2. The molecule has 1 saturated carbocycles. The summed E-state index contributed by atoms with van der Waals surface area (Å²) in [5, 5.41) is 3.39. The molecule has 2 amide bonds. The standard InChI is InChI=1S/C37H40ClN3O5S/c1-27-12-11-15-29(22-27)25-40(34(23-28-13-5-3-6-14-28)37(43)39-30-16-9-10-17-30)36(42)26-41(31-20-21-35(46-2)33(38)24-31)47(44,45)32-18-7-4-8-19-32/h3-8,11-15,18-22,24,30,34H,9-10,16-17,23,25-26H2,1-2H3,(H,39,43). The maximum Gasteiger partial charge on any atom is 0.264 e. The van der Waals surface area contributed by atoms with Crippen LogP contribution >= 0.6 is 11.6 Å². The highest BCUT2D eigenvalue weighted by atomic mass is 35.5. The first-order valence-corrected chi connectivity index (χ1v) is 17.6. The molecule has 0 aromatic heterocycles. The lowest BCUT2D eigenvalue weighted by Gasteiger charge is -2.34. The highest BCUT2D eigenvalue weighted by Gasteiger charge is 2.35. The van der Waals surface area contributed by atoms with Gasteiger partial charge in [-0.1, -0.05) is 103 Å². The number of carbonyl (C=O) groups is 2. The van der Waals surface area contributed by atoms with Gasteiger partial charge >= 0.3 is 0 Å². The van der Waals surface area contributed by atoms with Crippen LogP contribution in [0.15, 0.2) is 108 Å². The Hall–Kier alpha value is -4.34. The molecule has 0 saturated heterocycles. The van der Waals surface area contributed by atoms with Crippen LogP contribution in [0.3, 0.4) is 0 Å². The topological polar surface area (TPSA) is 96.0 Å². The van der Waals surface area contributed by atoms with Crippen molar-refractivity contribution in [3.8, 4) is 5.75 Å². The average Bonchev–Trinajstić information content (AvgIpc) is 3.59. The lowest BCUT2D eigenvalue weighted by atomic mass is 10.0. The number of halogens is 1. The molecule has 0 heterocycles. The Morgan fingerprint density at radius 3 is 2.19 bits per heavy atom. The molecule has 8 nitrogen and oxygen atoms in total. The van der Waals surface area contributed by atoms with Crippen LogP contribution in [-0.2, 0) is 32.6 Å². The van der Waals surface area contributed by atoms with E-state index in [1.54, 1.807) is 30.3 Å². The number of aryl methyl sites for hydroxylation is 1. The number of sulfonamides is 1. The molecule has 0 spiro atoms. The molecule has 4 aromatic rings. The molecule has 1 aliphatic carbocycles. The van der Waals surface area contributed by atoms with Crippen LogP contribution in [0.25, 0.3) is 0 Å². The van der Waals surface area contributed by atoms with Gasteiger partial charge in [-0.3, -0.25) is 13.9 Å². The first-order valence-electron chi connectivity index (χ1n) is 15.8. The number of hydrogen-bond donors (Lipinski definition) is 1. The Morgan fingerprint density at radius 2 is 1.55 bits per heavy atom. The highest BCUT2D eigenvalue weighted by molar-refractivity contribution is 7.92. The molecule has 0 bridgehead atoms. The van der Waals surface area contributed by atoms with Crippen LogP contribution in [0, 0.1) is 6.92 Å². The first kappa shape index (κ1) is 34.0. The van der Waals surface area contributed by atoms with E-state index in [4.69, 9.17) is 16.3 Å². The van der Waals surface area contributed by atoms with Gasteiger partial charge in [0, 0.05) is 19.0 Å². The van der Waals surface area contributed by atoms with Crippen molar-refractivity contribution in [2.75, 3.05) is 18.0 Å². The third kappa shape index (κ3) is 8.53. The van der Waals surface area contributed by atoms with Crippen molar-refractivity contribution in [2.24, 2.45) is 0 Å². The fourth-order valence-electron chi connectivity index (χ4n) is 5.99. The summed E-state index contributed by atoms with van der Waals surface area (Å²) in [6.07, 6.45) is 4.11. The van der Waals surface area contributed by atoms with Crippen LogP contribution in [0.2, 0.25) is 5.02 Å². The third-order valence-electron chi connectivity index (χ3n) is 8.44. The second kappa shape index (κ2) is 15.5. The van der Waals surface area contributed by atoms with Crippen LogP contribution in [0.5, 0.6) is 5.75 Å². The first-order chi connectivity index (χ1) is 22.7. The Bertz CT molecular complexity index is 1780. The van der Waals surface area contributed by atoms with E-state index < -0.39 is 28.5 Å². The number of anilines is 1. The lowest BCUT2D eigenvalue weighted by Crippen LogP contribution is -2.54. The third-order valence-corrected chi connectivity index (χ3v) is 10.5. The minimum atomic E-state index is -4.24. The molecular formula is C37H40ClN3O5S. The molecule has 1 N–H and O–H groups in total. The normalized spacial score (nSPS) is 13.9. The van der Waals surface area contributed by atoms with E-state index in [-0.39, 0.29) is 40.5 Å². The Kier molecular flexibility index (Phi) is 11.2. The quantitative estimate of drug-likeness (QED) is 0.174. The number of ether oxygens (including phenoxy) is 1. The molecular weight excluding hydrogens is 634 g/mol. The molecule has 246 valence electrons. The number of rotatable bonds is 13. The number of carbonyl (C=O) groups excluding carboxylic acids is 2. The second-order valence-corrected chi connectivity index (χ2v) is 14.1. The Labute approximate surface area is 282 Å². The van der Waals surface area contributed by atoms with E-state index in [1.807, 2.05) is 61.5 Å². The molecule has 0 aliphatic heterocycles. The van der Waals surface area contributed by atoms with Crippen molar-refractivity contribution < 1.29 is 22.7 Å². The van der Waals surface area contributed by atoms with Crippen molar-refractivity contribution in [1.29, 1.82) is 0 Å². The monoisotopic (exact) mass is 673 g/mol. The maximum absolute atomic E-state index is 14.7. The van der Waals surface area contributed by atoms with Crippen molar-refractivity contribution >= 4 is 39.1 Å². The molecule has 1 unspecified atom stereocenters. The van der Waals surface area contributed by atoms with Crippen LogP contribution in [-0.4, -0.2) is 50.9 Å². The van der Waals surface area contributed by atoms with Gasteiger partial charge in [-0.15, -0.1) is 0 Å². The molecule has 0 radical (unpaired) electrons. The largest absolute Gasteiger partial charge is 0.495 e. The summed E-state index contributed by atoms with van der Waals surface area (Å²) in [5.41, 5.74) is 2.91. The van der Waals surface area contributed by atoms with Crippen LogP contribution in [0.4, 0.5) is 5.69 Å². The van der Waals surface area contributed by atoms with Crippen molar-refractivity contribution in [3.63, 3.8) is 0 Å². The SMILES string of the molecule is COc1ccc(N(CC(=O)N(Cc2cccc(C)c2)C(Cc2ccccc2)C(=O)NC2CCCC2)S(=O)(=O)c2ccccc2)cc1Cl.